The van der Waals surface area contributed by atoms with Gasteiger partial charge in [-0.05, 0) is 42.5 Å². The predicted molar refractivity (Wildman–Crippen MR) is 112 cm³/mol. The number of fused-ring (bicyclic) bond motifs is 1. The van der Waals surface area contributed by atoms with Gasteiger partial charge in [-0.1, -0.05) is 56.3 Å². The van der Waals surface area contributed by atoms with Gasteiger partial charge in [-0.15, -0.1) is 0 Å². The lowest BCUT2D eigenvalue weighted by Crippen LogP contribution is -2.25. The topological polar surface area (TPSA) is 29.5 Å². The molecule has 0 atom stereocenters. The molecule has 0 spiro atoms. The highest BCUT2D eigenvalue weighted by Gasteiger charge is 2.22. The van der Waals surface area contributed by atoms with Gasteiger partial charge in [0.05, 0.1) is 6.61 Å². The monoisotopic (exact) mass is 363 g/mol. The highest BCUT2D eigenvalue weighted by atomic mass is 16.5. The fourth-order valence-electron chi connectivity index (χ4n) is 3.94. The van der Waals surface area contributed by atoms with E-state index < -0.39 is 0 Å². The van der Waals surface area contributed by atoms with E-state index in [0.717, 1.165) is 48.2 Å². The Morgan fingerprint density at radius 1 is 1.15 bits per heavy atom. The van der Waals surface area contributed by atoms with Gasteiger partial charge in [0.2, 0.25) is 0 Å². The van der Waals surface area contributed by atoms with Crippen molar-refractivity contribution in [3.05, 3.63) is 76.5 Å². The van der Waals surface area contributed by atoms with Crippen LogP contribution in [0.5, 0.6) is 0 Å². The first kappa shape index (κ1) is 19.4. The zero-order valence-electron chi connectivity index (χ0n) is 16.7. The van der Waals surface area contributed by atoms with Crippen LogP contribution in [0, 0.1) is 6.92 Å². The Kier molecular flexibility index (Phi) is 6.12. The average molecular weight is 364 g/mol. The largest absolute Gasteiger partial charge is 0.371 e. The van der Waals surface area contributed by atoms with E-state index in [2.05, 4.69) is 62.6 Å². The van der Waals surface area contributed by atoms with E-state index >= 15 is 0 Å². The second kappa shape index (κ2) is 8.53. The van der Waals surface area contributed by atoms with Crippen LogP contribution in [0.1, 0.15) is 46.5 Å². The highest BCUT2D eigenvalue weighted by Crippen LogP contribution is 2.32. The molecule has 0 saturated heterocycles. The number of benzene rings is 2. The number of rotatable bonds is 8. The molecule has 0 saturated carbocycles. The first-order valence-electron chi connectivity index (χ1n) is 9.81. The second-order valence-electron chi connectivity index (χ2n) is 7.16. The molecule has 1 aliphatic rings. The molecular weight excluding hydrogens is 334 g/mol. The van der Waals surface area contributed by atoms with Crippen LogP contribution >= 0.6 is 0 Å². The van der Waals surface area contributed by atoms with Crippen LogP contribution in [-0.4, -0.2) is 25.5 Å². The Morgan fingerprint density at radius 3 is 2.48 bits per heavy atom. The molecule has 27 heavy (non-hydrogen) atoms. The molecule has 1 heterocycles. The molecule has 2 aromatic rings. The molecule has 2 aromatic carbocycles. The summed E-state index contributed by atoms with van der Waals surface area (Å²) in [5, 5.41) is 0. The van der Waals surface area contributed by atoms with Gasteiger partial charge in [0.15, 0.2) is 5.78 Å². The van der Waals surface area contributed by atoms with Crippen molar-refractivity contribution in [3.63, 3.8) is 0 Å². The molecule has 0 amide bonds. The smallest absolute Gasteiger partial charge is 0.189 e. The minimum absolute atomic E-state index is 0.0874. The number of para-hydroxylation sites is 1. The number of Topliss-reactive ketones (excluding diaryl/α,β-unsaturated/α-hetero) is 1. The van der Waals surface area contributed by atoms with Crippen LogP contribution in [0.4, 0.5) is 5.69 Å². The zero-order valence-corrected chi connectivity index (χ0v) is 16.7. The summed E-state index contributed by atoms with van der Waals surface area (Å²) in [6.07, 6.45) is 2.61. The molecule has 0 radical (unpaired) electrons. The van der Waals surface area contributed by atoms with Gasteiger partial charge in [-0.25, -0.2) is 0 Å². The van der Waals surface area contributed by atoms with Crippen LogP contribution in [-0.2, 0) is 24.0 Å². The number of hydrogen-bond acceptors (Lipinski definition) is 3. The van der Waals surface area contributed by atoms with Crippen molar-refractivity contribution in [3.8, 4) is 0 Å². The van der Waals surface area contributed by atoms with Crippen LogP contribution in [0.3, 0.4) is 0 Å². The Morgan fingerprint density at radius 2 is 1.81 bits per heavy atom. The van der Waals surface area contributed by atoms with Crippen molar-refractivity contribution in [2.24, 2.45) is 0 Å². The van der Waals surface area contributed by atoms with Crippen LogP contribution < -0.4 is 4.90 Å². The van der Waals surface area contributed by atoms with Crippen LogP contribution in [0.25, 0.3) is 0 Å². The summed E-state index contributed by atoms with van der Waals surface area (Å²) >= 11 is 0. The van der Waals surface area contributed by atoms with E-state index in [9.17, 15) is 4.79 Å². The number of anilines is 1. The van der Waals surface area contributed by atoms with E-state index in [1.165, 1.54) is 16.8 Å². The van der Waals surface area contributed by atoms with Crippen LogP contribution in [0.2, 0.25) is 0 Å². The van der Waals surface area contributed by atoms with E-state index in [-0.39, 0.29) is 12.4 Å². The minimum atomic E-state index is 0.0874. The SMILES string of the molecule is C=C1Cc2ccccc2N1CCOCC(=O)c1c(CC)cc(C)cc1CC. The normalized spacial score (nSPS) is 13.1. The van der Waals surface area contributed by atoms with Gasteiger partial charge in [0, 0.05) is 29.9 Å². The van der Waals surface area contributed by atoms with Crippen molar-refractivity contribution in [2.45, 2.75) is 40.0 Å². The lowest BCUT2D eigenvalue weighted by Gasteiger charge is -2.20. The molecule has 3 rings (SSSR count). The Balaban J connectivity index is 1.60. The van der Waals surface area contributed by atoms with E-state index in [1.807, 2.05) is 6.07 Å². The maximum atomic E-state index is 12.8. The summed E-state index contributed by atoms with van der Waals surface area (Å²) in [7, 11) is 0. The molecule has 0 unspecified atom stereocenters. The fourth-order valence-corrected chi connectivity index (χ4v) is 3.94. The van der Waals surface area contributed by atoms with E-state index in [4.69, 9.17) is 4.74 Å². The summed E-state index contributed by atoms with van der Waals surface area (Å²) in [4.78, 5) is 15.0. The van der Waals surface area contributed by atoms with Crippen molar-refractivity contribution >= 4 is 11.5 Å². The van der Waals surface area contributed by atoms with Gasteiger partial charge in [-0.3, -0.25) is 4.79 Å². The van der Waals surface area contributed by atoms with Gasteiger partial charge in [-0.2, -0.15) is 0 Å². The third kappa shape index (κ3) is 4.14. The third-order valence-corrected chi connectivity index (χ3v) is 5.24. The molecule has 0 bridgehead atoms. The number of aryl methyl sites for hydroxylation is 3. The summed E-state index contributed by atoms with van der Waals surface area (Å²) in [6.45, 7) is 11.8. The van der Waals surface area contributed by atoms with E-state index in [0.29, 0.717) is 6.61 Å². The fraction of sp³-hybridized carbons (Fsp3) is 0.375. The molecule has 0 N–H and O–H groups in total. The molecular formula is C24H29NO2. The van der Waals surface area contributed by atoms with E-state index in [1.54, 1.807) is 0 Å². The maximum absolute atomic E-state index is 12.8. The quantitative estimate of drug-likeness (QED) is 0.494. The lowest BCUT2D eigenvalue weighted by atomic mass is 9.92. The molecule has 3 nitrogen and oxygen atoms in total. The van der Waals surface area contributed by atoms with Crippen molar-refractivity contribution in [2.75, 3.05) is 24.7 Å². The lowest BCUT2D eigenvalue weighted by molar-refractivity contribution is 0.0771. The number of hydrogen-bond donors (Lipinski definition) is 0. The molecule has 3 heteroatoms. The molecule has 0 aromatic heterocycles. The average Bonchev–Trinajstić information content (AvgIpc) is 2.99. The van der Waals surface area contributed by atoms with Crippen molar-refractivity contribution < 1.29 is 9.53 Å². The second-order valence-corrected chi connectivity index (χ2v) is 7.16. The number of carbonyl (C=O) groups is 1. The third-order valence-electron chi connectivity index (χ3n) is 5.24. The standard InChI is InChI=1S/C24H29NO2/c1-5-19-13-17(3)14-20(6-2)24(19)23(26)16-27-12-11-25-18(4)15-21-9-7-8-10-22(21)25/h7-10,13-14H,4-6,11-12,15-16H2,1-3H3. The Hall–Kier alpha value is -2.39. The number of nitrogens with zero attached hydrogens (tertiary/aromatic N) is 1. The van der Waals surface area contributed by atoms with Gasteiger partial charge in [0.1, 0.15) is 6.61 Å². The Labute approximate surface area is 162 Å². The number of allylic oxidation sites excluding steroid dienone is 1. The number of ether oxygens (including phenoxy) is 1. The summed E-state index contributed by atoms with van der Waals surface area (Å²) in [5.74, 6) is 0.0874. The summed E-state index contributed by atoms with van der Waals surface area (Å²) in [6, 6.07) is 12.6. The summed E-state index contributed by atoms with van der Waals surface area (Å²) < 4.78 is 5.77. The first-order valence-corrected chi connectivity index (χ1v) is 9.81. The Bertz CT molecular complexity index is 828. The van der Waals surface area contributed by atoms with Crippen LogP contribution in [0.15, 0.2) is 48.7 Å². The number of ketones is 1. The highest BCUT2D eigenvalue weighted by molar-refractivity contribution is 6.00. The zero-order chi connectivity index (χ0) is 19.4. The van der Waals surface area contributed by atoms with Gasteiger partial charge < -0.3 is 9.64 Å². The molecule has 0 fully saturated rings. The first-order chi connectivity index (χ1) is 13.0. The molecule has 1 aliphatic heterocycles. The molecule has 142 valence electrons. The number of carbonyl (C=O) groups excluding carboxylic acids is 1. The molecule has 0 aliphatic carbocycles. The van der Waals surface area contributed by atoms with Gasteiger partial charge >= 0.3 is 0 Å². The predicted octanol–water partition coefficient (Wildman–Crippen LogP) is 4.90. The van der Waals surface area contributed by atoms with Crippen molar-refractivity contribution in [1.29, 1.82) is 0 Å². The summed E-state index contributed by atoms with van der Waals surface area (Å²) in [5.41, 5.74) is 7.93. The van der Waals surface area contributed by atoms with Gasteiger partial charge in [0.25, 0.3) is 0 Å². The maximum Gasteiger partial charge on any atom is 0.189 e. The minimum Gasteiger partial charge on any atom is -0.371 e. The van der Waals surface area contributed by atoms with Crippen molar-refractivity contribution in [1.82, 2.24) is 0 Å².